The summed E-state index contributed by atoms with van der Waals surface area (Å²) in [6.45, 7) is 1.34. The maximum Gasteiger partial charge on any atom is 0.407 e. The van der Waals surface area contributed by atoms with E-state index in [1.807, 2.05) is 6.92 Å². The molecule has 1 amide bonds. The number of carbonyl (C=O) groups excluding carboxylic acids is 1. The first kappa shape index (κ1) is 25.7. The van der Waals surface area contributed by atoms with Gasteiger partial charge in [-0.2, -0.15) is 4.31 Å². The molecule has 0 bridgehead atoms. The van der Waals surface area contributed by atoms with Crippen molar-refractivity contribution in [1.82, 2.24) is 19.0 Å². The van der Waals surface area contributed by atoms with Gasteiger partial charge in [-0.25, -0.2) is 22.6 Å². The van der Waals surface area contributed by atoms with Gasteiger partial charge in [-0.05, 0) is 37.8 Å². The van der Waals surface area contributed by atoms with Crippen LogP contribution in [0.4, 0.5) is 4.79 Å². The third kappa shape index (κ3) is 4.73. The molecule has 2 aliphatic heterocycles. The summed E-state index contributed by atoms with van der Waals surface area (Å²) in [5.41, 5.74) is -2.10. The summed E-state index contributed by atoms with van der Waals surface area (Å²) >= 11 is 0. The van der Waals surface area contributed by atoms with Crippen LogP contribution in [0.5, 0.6) is 0 Å². The van der Waals surface area contributed by atoms with Gasteiger partial charge in [-0.1, -0.05) is 37.0 Å². The number of ether oxygens (including phenoxy) is 1. The lowest BCUT2D eigenvalue weighted by atomic mass is 9.89. The van der Waals surface area contributed by atoms with Gasteiger partial charge < -0.3 is 15.2 Å². The predicted molar refractivity (Wildman–Crippen MR) is 134 cm³/mol. The zero-order chi connectivity index (χ0) is 26.4. The quantitative estimate of drug-likeness (QED) is 0.585. The van der Waals surface area contributed by atoms with Crippen molar-refractivity contribution in [3.8, 4) is 0 Å². The third-order valence-corrected chi connectivity index (χ3v) is 9.68. The molecule has 2 fully saturated rings. The highest BCUT2D eigenvalue weighted by molar-refractivity contribution is 7.89. The van der Waals surface area contributed by atoms with Crippen LogP contribution in [0.15, 0.2) is 50.9 Å². The lowest BCUT2D eigenvalue weighted by Crippen LogP contribution is -2.62. The zero-order valence-electron chi connectivity index (χ0n) is 20.7. The maximum atomic E-state index is 13.4. The number of aromatic nitrogens is 2. The van der Waals surface area contributed by atoms with Crippen molar-refractivity contribution >= 4 is 16.1 Å². The molecule has 1 aliphatic carbocycles. The molecule has 1 aromatic carbocycles. The van der Waals surface area contributed by atoms with Crippen LogP contribution >= 0.6 is 0 Å². The molecular weight excluding hydrogens is 500 g/mol. The molecule has 0 unspecified atom stereocenters. The second-order valence-electron chi connectivity index (χ2n) is 10.3. The number of β-amino-alcohol motifs (C(OH)–C–C–N with tert-alkyl or cyclic N) is 1. The number of alkyl carbamates (subject to hydrolysis) is 1. The van der Waals surface area contributed by atoms with Crippen molar-refractivity contribution < 1.29 is 23.1 Å². The van der Waals surface area contributed by atoms with Gasteiger partial charge in [0.1, 0.15) is 11.6 Å². The van der Waals surface area contributed by atoms with Gasteiger partial charge in [0.25, 0.3) is 11.1 Å². The Morgan fingerprint density at radius 1 is 1.05 bits per heavy atom. The second-order valence-corrected chi connectivity index (χ2v) is 12.3. The molecule has 0 spiro atoms. The number of amides is 1. The first-order chi connectivity index (χ1) is 17.6. The molecular formula is C25H32N4O7S. The number of hydrogen-bond donors (Lipinski definition) is 2. The number of rotatable bonds is 5. The summed E-state index contributed by atoms with van der Waals surface area (Å²) in [6.07, 6.45) is 3.47. The largest absolute Gasteiger partial charge is 0.441 e. The molecule has 2 N–H and O–H groups in total. The van der Waals surface area contributed by atoms with E-state index in [1.54, 1.807) is 12.1 Å². The Bertz CT molecular complexity index is 1400. The van der Waals surface area contributed by atoms with Crippen LogP contribution in [0.25, 0.3) is 0 Å². The third-order valence-electron chi connectivity index (χ3n) is 7.85. The van der Waals surface area contributed by atoms with Crippen LogP contribution in [0.2, 0.25) is 0 Å². The average molecular weight is 533 g/mol. The van der Waals surface area contributed by atoms with Gasteiger partial charge >= 0.3 is 6.09 Å². The Morgan fingerprint density at radius 2 is 1.73 bits per heavy atom. The fourth-order valence-electron chi connectivity index (χ4n) is 5.73. The molecule has 200 valence electrons. The van der Waals surface area contributed by atoms with E-state index in [-0.39, 0.29) is 18.0 Å². The van der Waals surface area contributed by atoms with E-state index in [0.29, 0.717) is 12.5 Å². The topological polar surface area (TPSA) is 140 Å². The fourth-order valence-corrected chi connectivity index (χ4v) is 7.22. The van der Waals surface area contributed by atoms with Crippen LogP contribution < -0.4 is 16.4 Å². The van der Waals surface area contributed by atoms with E-state index in [9.17, 15) is 27.9 Å². The number of aliphatic hydroxyl groups is 1. The van der Waals surface area contributed by atoms with E-state index in [1.165, 1.54) is 18.6 Å². The molecule has 1 aromatic heterocycles. The van der Waals surface area contributed by atoms with E-state index < -0.39 is 51.5 Å². The molecule has 3 aliphatic rings. The van der Waals surface area contributed by atoms with E-state index in [4.69, 9.17) is 4.74 Å². The highest BCUT2D eigenvalue weighted by atomic mass is 32.2. The van der Waals surface area contributed by atoms with Gasteiger partial charge in [-0.15, -0.1) is 0 Å². The zero-order valence-corrected chi connectivity index (χ0v) is 21.5. The van der Waals surface area contributed by atoms with Crippen molar-refractivity contribution in [1.29, 1.82) is 0 Å². The lowest BCUT2D eigenvalue weighted by molar-refractivity contribution is -0.124. The molecule has 12 heteroatoms. The fraction of sp³-hybridized carbons (Fsp3) is 0.560. The highest BCUT2D eigenvalue weighted by Crippen LogP contribution is 2.40. The number of carbonyl (C=O) groups is 1. The minimum absolute atomic E-state index is 0.0424. The molecule has 37 heavy (non-hydrogen) atoms. The minimum Gasteiger partial charge on any atom is -0.441 e. The monoisotopic (exact) mass is 532 g/mol. The van der Waals surface area contributed by atoms with Crippen LogP contribution in [0, 0.1) is 12.8 Å². The molecule has 11 nitrogen and oxygen atoms in total. The summed E-state index contributed by atoms with van der Waals surface area (Å²) in [4.78, 5) is 38.2. The number of nitrogens with one attached hydrogen (secondary N) is 1. The van der Waals surface area contributed by atoms with Crippen LogP contribution in [0.3, 0.4) is 0 Å². The van der Waals surface area contributed by atoms with Crippen molar-refractivity contribution in [3.63, 3.8) is 0 Å². The van der Waals surface area contributed by atoms with Crippen molar-refractivity contribution in [2.24, 2.45) is 5.92 Å². The highest BCUT2D eigenvalue weighted by Gasteiger charge is 2.59. The standard InChI is InChI=1S/C25H32N4O7S/c1-17-7-9-19(10-8-17)37(34,35)27-14-20-25(33,16-27)21(15-28-22(30)11-12-23(31)29(20)28)36-24(32)26-13-18-5-3-2-4-6-18/h7-12,18,20-21,33H,2-6,13-16H2,1H3,(H,26,32)/t20-,21+,25-/m1/s1. The summed E-state index contributed by atoms with van der Waals surface area (Å²) in [5.74, 6) is 0.354. The van der Waals surface area contributed by atoms with Gasteiger partial charge in [-0.3, -0.25) is 9.59 Å². The van der Waals surface area contributed by atoms with Crippen LogP contribution in [-0.4, -0.2) is 64.6 Å². The predicted octanol–water partition coefficient (Wildman–Crippen LogP) is 0.984. The summed E-state index contributed by atoms with van der Waals surface area (Å²) < 4.78 is 35.8. The van der Waals surface area contributed by atoms with Crippen molar-refractivity contribution in [2.75, 3.05) is 19.6 Å². The van der Waals surface area contributed by atoms with Gasteiger partial charge in [0.05, 0.1) is 11.4 Å². The van der Waals surface area contributed by atoms with Crippen molar-refractivity contribution in [3.05, 3.63) is 62.7 Å². The number of sulfonamides is 1. The van der Waals surface area contributed by atoms with E-state index >= 15 is 0 Å². The first-order valence-electron chi connectivity index (χ1n) is 12.7. The van der Waals surface area contributed by atoms with E-state index in [0.717, 1.165) is 57.0 Å². The van der Waals surface area contributed by atoms with Crippen LogP contribution in [0.1, 0.15) is 43.7 Å². The molecule has 3 heterocycles. The molecule has 1 saturated carbocycles. The normalized spacial score (nSPS) is 26.3. The smallest absolute Gasteiger partial charge is 0.407 e. The second kappa shape index (κ2) is 9.73. The van der Waals surface area contributed by atoms with Gasteiger partial charge in [0, 0.05) is 31.8 Å². The number of nitrogens with zero attached hydrogens (tertiary/aromatic N) is 3. The maximum absolute atomic E-state index is 13.4. The Kier molecular flexibility index (Phi) is 6.75. The SMILES string of the molecule is Cc1ccc(S(=O)(=O)N2C[C@H]3n4c(=O)ccc(=O)n4C[C@H](OC(=O)NCC4CCCCC4)[C@@]3(O)C2)cc1. The number of fused-ring (bicyclic) bond motifs is 3. The molecule has 3 atom stereocenters. The Hall–Kier alpha value is -2.96. The number of hydrogen-bond acceptors (Lipinski definition) is 7. The minimum atomic E-state index is -4.04. The lowest BCUT2D eigenvalue weighted by Gasteiger charge is -2.42. The number of benzene rings is 1. The number of aryl methyl sites for hydroxylation is 1. The Balaban J connectivity index is 1.44. The van der Waals surface area contributed by atoms with Crippen molar-refractivity contribution in [2.45, 2.75) is 68.2 Å². The summed E-state index contributed by atoms with van der Waals surface area (Å²) in [6, 6.07) is 7.38. The molecule has 0 radical (unpaired) electrons. The molecule has 2 aromatic rings. The van der Waals surface area contributed by atoms with Gasteiger partial charge in [0.2, 0.25) is 10.0 Å². The van der Waals surface area contributed by atoms with E-state index in [2.05, 4.69) is 5.32 Å². The molecule has 5 rings (SSSR count). The summed E-state index contributed by atoms with van der Waals surface area (Å²) in [7, 11) is -4.04. The van der Waals surface area contributed by atoms with Crippen LogP contribution in [-0.2, 0) is 21.3 Å². The van der Waals surface area contributed by atoms with Gasteiger partial charge in [0.15, 0.2) is 6.10 Å². The molecule has 1 saturated heterocycles. The Labute approximate surface area is 214 Å². The first-order valence-corrected chi connectivity index (χ1v) is 14.1. The Morgan fingerprint density at radius 3 is 2.43 bits per heavy atom. The summed E-state index contributed by atoms with van der Waals surface area (Å²) in [5, 5.41) is 14.6. The average Bonchev–Trinajstić information content (AvgIpc) is 3.25.